The summed E-state index contributed by atoms with van der Waals surface area (Å²) in [6, 6.07) is 3.52. The van der Waals surface area contributed by atoms with Gasteiger partial charge in [-0.1, -0.05) is 0 Å². The molecule has 0 bridgehead atoms. The SMILES string of the molecule is CNC1=CC(Nc2cccn([C@H]3CCN(CCF)C3)c2=O)=NC2C(C(=O)NC3CCC3OC)C=NN12. The Bertz CT molecular complexity index is 1130. The summed E-state index contributed by atoms with van der Waals surface area (Å²) in [5.41, 5.74) is 0.222. The molecule has 5 atom stereocenters. The Morgan fingerprint density at radius 3 is 2.89 bits per heavy atom. The number of carbonyl (C=O) groups is 1. The number of alkyl halides is 1. The second kappa shape index (κ2) is 10.4. The van der Waals surface area contributed by atoms with Crippen LogP contribution in [0.5, 0.6) is 0 Å². The van der Waals surface area contributed by atoms with Gasteiger partial charge in [-0.2, -0.15) is 5.10 Å². The number of amides is 1. The van der Waals surface area contributed by atoms with E-state index in [9.17, 15) is 14.0 Å². The molecule has 1 saturated carbocycles. The van der Waals surface area contributed by atoms with Crippen molar-refractivity contribution in [3.63, 3.8) is 0 Å². The van der Waals surface area contributed by atoms with Crippen LogP contribution in [-0.4, -0.2) is 91.2 Å². The number of hydrazone groups is 1. The maximum Gasteiger partial charge on any atom is 0.274 e. The van der Waals surface area contributed by atoms with E-state index in [1.165, 1.54) is 0 Å². The standard InChI is InChI=1S/C24H33FN8O3/c1-26-21-12-20(28-18-4-3-9-32(24(18)35)15-7-10-31(14-15)11-8-25)30-22-16(13-27-33(21)22)23(34)29-17-5-6-19(17)36-2/h3-4,9,12-13,15-17,19,22,26H,5-8,10-11,14H2,1-2H3,(H,28,30)(H,29,34)/t15-,16?,17?,19?,22?/m0/s1. The van der Waals surface area contributed by atoms with Gasteiger partial charge in [-0.05, 0) is 31.4 Å². The molecule has 1 amide bonds. The summed E-state index contributed by atoms with van der Waals surface area (Å²) in [4.78, 5) is 33.1. The molecule has 11 nitrogen and oxygen atoms in total. The Kier molecular flexibility index (Phi) is 7.06. The van der Waals surface area contributed by atoms with E-state index in [0.29, 0.717) is 30.4 Å². The molecule has 1 aliphatic carbocycles. The number of aliphatic imine (C=N–C) groups is 1. The Labute approximate surface area is 209 Å². The normalized spacial score (nSPS) is 29.3. The van der Waals surface area contributed by atoms with Crippen LogP contribution in [0.1, 0.15) is 25.3 Å². The highest BCUT2D eigenvalue weighted by Gasteiger charge is 2.42. The molecular formula is C24H33FN8O3. The van der Waals surface area contributed by atoms with Crippen LogP contribution in [-0.2, 0) is 9.53 Å². The summed E-state index contributed by atoms with van der Waals surface area (Å²) in [7, 11) is 3.42. The second-order valence-electron chi connectivity index (χ2n) is 9.50. The summed E-state index contributed by atoms with van der Waals surface area (Å²) >= 11 is 0. The highest BCUT2D eigenvalue weighted by atomic mass is 19.1. The Hall–Kier alpha value is -3.25. The van der Waals surface area contributed by atoms with E-state index >= 15 is 0 Å². The molecule has 12 heteroatoms. The monoisotopic (exact) mass is 500 g/mol. The molecular weight excluding hydrogens is 467 g/mol. The van der Waals surface area contributed by atoms with Crippen LogP contribution < -0.4 is 21.5 Å². The molecule has 194 valence electrons. The molecule has 2 fully saturated rings. The van der Waals surface area contributed by atoms with Crippen LogP contribution in [0.3, 0.4) is 0 Å². The van der Waals surface area contributed by atoms with Crippen LogP contribution in [0.15, 0.2) is 45.1 Å². The summed E-state index contributed by atoms with van der Waals surface area (Å²) in [5, 5.41) is 15.4. The lowest BCUT2D eigenvalue weighted by molar-refractivity contribution is -0.127. The van der Waals surface area contributed by atoms with Crippen LogP contribution in [0.4, 0.5) is 10.1 Å². The van der Waals surface area contributed by atoms with E-state index < -0.39 is 18.8 Å². The molecule has 3 aliphatic heterocycles. The molecule has 1 aromatic heterocycles. The predicted molar refractivity (Wildman–Crippen MR) is 135 cm³/mol. The highest BCUT2D eigenvalue weighted by molar-refractivity contribution is 6.05. The second-order valence-corrected chi connectivity index (χ2v) is 9.50. The smallest absolute Gasteiger partial charge is 0.274 e. The van der Waals surface area contributed by atoms with Gasteiger partial charge >= 0.3 is 0 Å². The number of likely N-dealkylation sites (tertiary alicyclic amines) is 1. The number of carbonyl (C=O) groups excluding carboxylic acids is 1. The minimum atomic E-state index is -0.579. The number of pyridine rings is 1. The number of amidine groups is 1. The first-order chi connectivity index (χ1) is 17.5. The summed E-state index contributed by atoms with van der Waals surface area (Å²) in [5.74, 6) is 0.392. The third-order valence-electron chi connectivity index (χ3n) is 7.39. The first-order valence-electron chi connectivity index (χ1n) is 12.4. The lowest BCUT2D eigenvalue weighted by Gasteiger charge is -2.37. The molecule has 3 N–H and O–H groups in total. The van der Waals surface area contributed by atoms with Gasteiger partial charge in [0, 0.05) is 52.3 Å². The molecule has 1 aromatic rings. The summed E-state index contributed by atoms with van der Waals surface area (Å²) < 4.78 is 19.8. The number of hydrogen-bond donors (Lipinski definition) is 3. The van der Waals surface area contributed by atoms with Crippen molar-refractivity contribution in [1.82, 2.24) is 25.1 Å². The topological polar surface area (TPSA) is 116 Å². The minimum absolute atomic E-state index is 0.00302. The van der Waals surface area contributed by atoms with Gasteiger partial charge < -0.3 is 25.3 Å². The number of fused-ring (bicyclic) bond motifs is 1. The number of methoxy groups -OCH3 is 1. The van der Waals surface area contributed by atoms with E-state index in [-0.39, 0.29) is 29.7 Å². The maximum absolute atomic E-state index is 13.3. The van der Waals surface area contributed by atoms with Crippen molar-refractivity contribution in [2.45, 2.75) is 43.6 Å². The van der Waals surface area contributed by atoms with Crippen molar-refractivity contribution in [1.29, 1.82) is 0 Å². The molecule has 4 aliphatic rings. The van der Waals surface area contributed by atoms with Crippen molar-refractivity contribution < 1.29 is 13.9 Å². The van der Waals surface area contributed by atoms with E-state index in [1.54, 1.807) is 48.3 Å². The minimum Gasteiger partial charge on any atom is -0.379 e. The van der Waals surface area contributed by atoms with Crippen molar-refractivity contribution in [3.8, 4) is 0 Å². The van der Waals surface area contributed by atoms with Gasteiger partial charge in [-0.25, -0.2) is 14.4 Å². The fraction of sp³-hybridized carbons (Fsp3) is 0.583. The van der Waals surface area contributed by atoms with E-state index in [0.717, 1.165) is 25.8 Å². The van der Waals surface area contributed by atoms with Crippen molar-refractivity contribution in [2.75, 3.05) is 45.8 Å². The van der Waals surface area contributed by atoms with Crippen molar-refractivity contribution in [3.05, 3.63) is 40.6 Å². The summed E-state index contributed by atoms with van der Waals surface area (Å²) in [6.07, 6.45) is 7.21. The van der Waals surface area contributed by atoms with Crippen molar-refractivity contribution in [2.24, 2.45) is 16.0 Å². The third kappa shape index (κ3) is 4.62. The third-order valence-corrected chi connectivity index (χ3v) is 7.39. The first kappa shape index (κ1) is 24.4. The number of nitrogens with one attached hydrogen (secondary N) is 3. The zero-order valence-electron chi connectivity index (χ0n) is 20.6. The molecule has 36 heavy (non-hydrogen) atoms. The predicted octanol–water partition coefficient (Wildman–Crippen LogP) is 0.487. The fourth-order valence-corrected chi connectivity index (χ4v) is 5.20. The lowest BCUT2D eigenvalue weighted by atomic mass is 9.88. The molecule has 0 radical (unpaired) electrons. The Balaban J connectivity index is 1.33. The number of ether oxygens (including phenoxy) is 1. The van der Waals surface area contributed by atoms with E-state index in [1.807, 2.05) is 11.0 Å². The van der Waals surface area contributed by atoms with Crippen LogP contribution in [0, 0.1) is 5.92 Å². The molecule has 1 saturated heterocycles. The number of halogens is 1. The molecule has 0 aromatic carbocycles. The van der Waals surface area contributed by atoms with Gasteiger partial charge in [-0.15, -0.1) is 0 Å². The number of rotatable bonds is 8. The quantitative estimate of drug-likeness (QED) is 0.476. The number of hydrogen-bond acceptors (Lipinski definition) is 9. The molecule has 4 unspecified atom stereocenters. The molecule has 0 spiro atoms. The average Bonchev–Trinajstić information content (AvgIpc) is 3.50. The van der Waals surface area contributed by atoms with Crippen LogP contribution in [0.2, 0.25) is 0 Å². The van der Waals surface area contributed by atoms with E-state index in [4.69, 9.17) is 9.73 Å². The number of anilines is 1. The molecule has 5 rings (SSSR count). The average molecular weight is 501 g/mol. The zero-order chi connectivity index (χ0) is 25.2. The Morgan fingerprint density at radius 1 is 1.31 bits per heavy atom. The van der Waals surface area contributed by atoms with Crippen molar-refractivity contribution >= 4 is 23.6 Å². The van der Waals surface area contributed by atoms with Crippen LogP contribution in [0.25, 0.3) is 0 Å². The zero-order valence-corrected chi connectivity index (χ0v) is 20.6. The van der Waals surface area contributed by atoms with Gasteiger partial charge in [0.25, 0.3) is 5.56 Å². The maximum atomic E-state index is 13.3. The van der Waals surface area contributed by atoms with E-state index in [2.05, 4.69) is 21.1 Å². The van der Waals surface area contributed by atoms with Gasteiger partial charge in [0.2, 0.25) is 5.91 Å². The van der Waals surface area contributed by atoms with Gasteiger partial charge in [-0.3, -0.25) is 14.5 Å². The Morgan fingerprint density at radius 2 is 2.17 bits per heavy atom. The highest BCUT2D eigenvalue weighted by Crippen LogP contribution is 2.28. The van der Waals surface area contributed by atoms with Crippen LogP contribution >= 0.6 is 0 Å². The van der Waals surface area contributed by atoms with Gasteiger partial charge in [0.15, 0.2) is 6.17 Å². The summed E-state index contributed by atoms with van der Waals surface area (Å²) in [6.45, 7) is 1.41. The number of nitrogens with zero attached hydrogens (tertiary/aromatic N) is 5. The van der Waals surface area contributed by atoms with Gasteiger partial charge in [0.1, 0.15) is 29.9 Å². The van der Waals surface area contributed by atoms with Gasteiger partial charge in [0.05, 0.1) is 18.2 Å². The lowest BCUT2D eigenvalue weighted by Crippen LogP contribution is -2.54. The molecule has 4 heterocycles. The number of aromatic nitrogens is 1. The largest absolute Gasteiger partial charge is 0.379 e. The fourth-order valence-electron chi connectivity index (χ4n) is 5.20. The first-order valence-corrected chi connectivity index (χ1v) is 12.4.